The van der Waals surface area contributed by atoms with E-state index in [2.05, 4.69) is 15.0 Å². The second kappa shape index (κ2) is 12.2. The number of nitrogens with zero attached hydrogens (tertiary/aromatic N) is 3. The van der Waals surface area contributed by atoms with Crippen molar-refractivity contribution in [1.29, 1.82) is 0 Å². The molecule has 3 aliphatic rings. The minimum atomic E-state index is -3.06. The Hall–Kier alpha value is -4.43. The fraction of sp³-hybridized carbons (Fsp3) is 0.387. The number of hydrogen-bond donors (Lipinski definition) is 1. The van der Waals surface area contributed by atoms with Gasteiger partial charge in [-0.05, 0) is 36.4 Å². The molecule has 4 heterocycles. The molecule has 45 heavy (non-hydrogen) atoms. The SMILES string of the molecule is COc1cc(F)c([C@@H]2CN(c3cccn(CCN4CC5(COC5)C4)c3=O)C(=O)[C@H]2NC(=O)c2ccc(OC(F)F)cc2)c(F)c1. The van der Waals surface area contributed by atoms with Crippen LogP contribution in [0, 0.1) is 17.0 Å². The maximum Gasteiger partial charge on any atom is 0.387 e. The number of carbonyl (C=O) groups excluding carboxylic acids is 2. The zero-order valence-corrected chi connectivity index (χ0v) is 24.2. The second-order valence-corrected chi connectivity index (χ2v) is 11.5. The largest absolute Gasteiger partial charge is 0.497 e. The molecule has 2 amide bonds. The zero-order valence-electron chi connectivity index (χ0n) is 24.2. The number of aromatic nitrogens is 1. The summed E-state index contributed by atoms with van der Waals surface area (Å²) >= 11 is 0. The first kappa shape index (κ1) is 30.6. The Morgan fingerprint density at radius 2 is 1.73 bits per heavy atom. The van der Waals surface area contributed by atoms with Gasteiger partial charge in [-0.3, -0.25) is 14.4 Å². The molecule has 1 spiro atoms. The minimum Gasteiger partial charge on any atom is -0.497 e. The molecule has 2 aromatic carbocycles. The molecule has 0 unspecified atom stereocenters. The average molecular weight is 631 g/mol. The molecule has 3 fully saturated rings. The summed E-state index contributed by atoms with van der Waals surface area (Å²) in [4.78, 5) is 43.9. The van der Waals surface area contributed by atoms with Crippen molar-refractivity contribution in [3.05, 3.63) is 87.8 Å². The van der Waals surface area contributed by atoms with Crippen molar-refractivity contribution in [2.45, 2.75) is 25.1 Å². The van der Waals surface area contributed by atoms with Crippen LogP contribution in [0.15, 0.2) is 59.5 Å². The lowest BCUT2D eigenvalue weighted by molar-refractivity contribution is -0.189. The first-order valence-corrected chi connectivity index (χ1v) is 14.3. The number of amides is 2. The predicted molar refractivity (Wildman–Crippen MR) is 153 cm³/mol. The van der Waals surface area contributed by atoms with Gasteiger partial charge >= 0.3 is 6.61 Å². The van der Waals surface area contributed by atoms with Gasteiger partial charge in [-0.1, -0.05) is 0 Å². The van der Waals surface area contributed by atoms with E-state index in [0.717, 1.165) is 55.5 Å². The zero-order chi connectivity index (χ0) is 31.9. The van der Waals surface area contributed by atoms with Crippen LogP contribution in [-0.2, 0) is 16.1 Å². The first-order valence-electron chi connectivity index (χ1n) is 14.3. The Labute approximate surface area is 255 Å². The molecule has 10 nitrogen and oxygen atoms in total. The fourth-order valence-corrected chi connectivity index (χ4v) is 6.20. The summed E-state index contributed by atoms with van der Waals surface area (Å²) in [5.74, 6) is -5.02. The van der Waals surface area contributed by atoms with E-state index in [1.807, 2.05) is 0 Å². The highest BCUT2D eigenvalue weighted by atomic mass is 19.3. The van der Waals surface area contributed by atoms with E-state index in [9.17, 15) is 23.2 Å². The summed E-state index contributed by atoms with van der Waals surface area (Å²) in [6.45, 7) is 0.859. The van der Waals surface area contributed by atoms with Crippen LogP contribution in [0.4, 0.5) is 23.2 Å². The van der Waals surface area contributed by atoms with Crippen molar-refractivity contribution in [2.24, 2.45) is 5.41 Å². The number of methoxy groups -OCH3 is 1. The third-order valence-corrected chi connectivity index (χ3v) is 8.48. The van der Waals surface area contributed by atoms with Gasteiger partial charge in [-0.25, -0.2) is 8.78 Å². The van der Waals surface area contributed by atoms with Crippen molar-refractivity contribution in [3.63, 3.8) is 0 Å². The van der Waals surface area contributed by atoms with Crippen molar-refractivity contribution in [1.82, 2.24) is 14.8 Å². The van der Waals surface area contributed by atoms with E-state index < -0.39 is 53.1 Å². The van der Waals surface area contributed by atoms with Gasteiger partial charge in [0.05, 0.1) is 20.3 Å². The maximum atomic E-state index is 15.3. The number of benzene rings is 2. The van der Waals surface area contributed by atoms with Gasteiger partial charge in [0.2, 0.25) is 5.91 Å². The topological polar surface area (TPSA) is 102 Å². The normalized spacial score (nSPS) is 20.7. The molecule has 3 aliphatic heterocycles. The quantitative estimate of drug-likeness (QED) is 0.344. The fourth-order valence-electron chi connectivity index (χ4n) is 6.20. The van der Waals surface area contributed by atoms with E-state index in [1.54, 1.807) is 12.3 Å². The molecule has 0 bridgehead atoms. The summed E-state index contributed by atoms with van der Waals surface area (Å²) in [6, 6.07) is 8.25. The highest BCUT2D eigenvalue weighted by Gasteiger charge is 2.49. The van der Waals surface area contributed by atoms with Gasteiger partial charge in [0.15, 0.2) is 0 Å². The number of pyridine rings is 1. The number of nitrogens with one attached hydrogen (secondary N) is 1. The average Bonchev–Trinajstić information content (AvgIpc) is 3.26. The van der Waals surface area contributed by atoms with Crippen LogP contribution in [0.3, 0.4) is 0 Å². The smallest absolute Gasteiger partial charge is 0.387 e. The Balaban J connectivity index is 1.26. The number of ether oxygens (including phenoxy) is 3. The molecular weight excluding hydrogens is 600 g/mol. The molecule has 0 saturated carbocycles. The molecule has 1 N–H and O–H groups in total. The molecule has 6 rings (SSSR count). The van der Waals surface area contributed by atoms with Crippen LogP contribution in [-0.4, -0.2) is 80.4 Å². The Morgan fingerprint density at radius 3 is 2.33 bits per heavy atom. The van der Waals surface area contributed by atoms with Crippen LogP contribution in [0.5, 0.6) is 11.5 Å². The highest BCUT2D eigenvalue weighted by molar-refractivity contribution is 6.05. The van der Waals surface area contributed by atoms with Crippen LogP contribution in [0.1, 0.15) is 21.8 Å². The van der Waals surface area contributed by atoms with Gasteiger partial charge in [-0.2, -0.15) is 8.78 Å². The van der Waals surface area contributed by atoms with Gasteiger partial charge in [-0.15, -0.1) is 0 Å². The summed E-state index contributed by atoms with van der Waals surface area (Å²) in [7, 11) is 1.25. The molecular formula is C31H30F4N4O6. The molecule has 3 saturated heterocycles. The maximum absolute atomic E-state index is 15.3. The first-order chi connectivity index (χ1) is 21.6. The molecule has 0 aliphatic carbocycles. The predicted octanol–water partition coefficient (Wildman–Crippen LogP) is 3.00. The summed E-state index contributed by atoms with van der Waals surface area (Å²) < 4.78 is 71.7. The van der Waals surface area contributed by atoms with Gasteiger partial charge in [0.1, 0.15) is 34.9 Å². The number of alkyl halides is 2. The minimum absolute atomic E-state index is 0.000416. The third-order valence-electron chi connectivity index (χ3n) is 8.48. The lowest BCUT2D eigenvalue weighted by atomic mass is 9.78. The Bertz CT molecular complexity index is 1630. The van der Waals surface area contributed by atoms with Crippen LogP contribution in [0.2, 0.25) is 0 Å². The number of hydrogen-bond acceptors (Lipinski definition) is 7. The third kappa shape index (κ3) is 5.99. The lowest BCUT2D eigenvalue weighted by Crippen LogP contribution is -2.66. The van der Waals surface area contributed by atoms with Crippen LogP contribution < -0.4 is 25.2 Å². The number of carbonyl (C=O) groups is 2. The summed E-state index contributed by atoms with van der Waals surface area (Å²) in [6.07, 6.45) is 1.61. The van der Waals surface area contributed by atoms with Crippen molar-refractivity contribution < 1.29 is 41.4 Å². The van der Waals surface area contributed by atoms with Crippen LogP contribution >= 0.6 is 0 Å². The number of anilines is 1. The standard InChI is InChI=1S/C31H30F4N4O6/c1-43-20-11-22(32)25(23(33)12-20)21-13-39(29(42)26(21)36-27(40)18-4-6-19(7-5-18)45-30(34)35)24-3-2-8-38(28(24)41)10-9-37-14-31(15-37)16-44-17-31/h2-8,11-12,21,26,30H,9-10,13-17H2,1H3,(H,36,40)/t21-,26-/m0/s1. The van der Waals surface area contributed by atoms with Crippen molar-refractivity contribution >= 4 is 17.5 Å². The number of halogens is 4. The summed E-state index contributed by atoms with van der Waals surface area (Å²) in [5, 5.41) is 2.54. The van der Waals surface area contributed by atoms with E-state index in [4.69, 9.17) is 9.47 Å². The van der Waals surface area contributed by atoms with E-state index in [1.165, 1.54) is 29.9 Å². The molecule has 0 radical (unpaired) electrons. The van der Waals surface area contributed by atoms with E-state index >= 15 is 8.78 Å². The van der Waals surface area contributed by atoms with Gasteiger partial charge in [0, 0.05) is 73.5 Å². The van der Waals surface area contributed by atoms with Gasteiger partial charge in [0.25, 0.3) is 11.5 Å². The highest BCUT2D eigenvalue weighted by Crippen LogP contribution is 2.38. The molecule has 2 atom stereocenters. The number of rotatable bonds is 10. The van der Waals surface area contributed by atoms with E-state index in [-0.39, 0.29) is 34.7 Å². The summed E-state index contributed by atoms with van der Waals surface area (Å²) in [5.41, 5.74) is -0.721. The number of likely N-dealkylation sites (tertiary alicyclic amines) is 1. The van der Waals surface area contributed by atoms with Crippen molar-refractivity contribution in [2.75, 3.05) is 51.4 Å². The molecule has 238 valence electrons. The molecule has 1 aromatic heterocycles. The second-order valence-electron chi connectivity index (χ2n) is 11.5. The van der Waals surface area contributed by atoms with Crippen molar-refractivity contribution in [3.8, 4) is 11.5 Å². The Morgan fingerprint density at radius 1 is 1.04 bits per heavy atom. The Kier molecular flexibility index (Phi) is 8.27. The van der Waals surface area contributed by atoms with E-state index in [0.29, 0.717) is 13.1 Å². The molecule has 3 aromatic rings. The monoisotopic (exact) mass is 630 g/mol. The lowest BCUT2D eigenvalue weighted by Gasteiger charge is -2.55. The molecule has 14 heteroatoms. The van der Waals surface area contributed by atoms with Gasteiger partial charge < -0.3 is 33.9 Å². The van der Waals surface area contributed by atoms with Crippen LogP contribution in [0.25, 0.3) is 0 Å².